The number of rotatable bonds is 1. The lowest BCUT2D eigenvalue weighted by Crippen LogP contribution is -2.53. The van der Waals surface area contributed by atoms with Crippen molar-refractivity contribution in [2.45, 2.75) is 44.3 Å². The zero-order chi connectivity index (χ0) is 28.9. The van der Waals surface area contributed by atoms with E-state index in [-0.39, 0.29) is 41.4 Å². The Labute approximate surface area is 241 Å². The van der Waals surface area contributed by atoms with Crippen molar-refractivity contribution in [1.29, 1.82) is 0 Å². The molecular formula is C35H28F4N3+. The summed E-state index contributed by atoms with van der Waals surface area (Å²) in [7, 11) is 0. The number of pyridine rings is 1. The number of halogens is 4. The van der Waals surface area contributed by atoms with Gasteiger partial charge < -0.3 is 9.80 Å². The topological polar surface area (TPSA) is 10.4 Å². The number of aryl methyl sites for hydroxylation is 1. The SMILES string of the molecule is C=C1C2C(CCc3c(F)c(F)c(F)c(F)c3-c3cc(C)c(-c4ccccc4)c[n+]31)c1cccc3c1C1N(C=CN21)CC3. The lowest BCUT2D eigenvalue weighted by Gasteiger charge is -2.48. The van der Waals surface area contributed by atoms with Gasteiger partial charge in [0.15, 0.2) is 29.5 Å². The maximum atomic E-state index is 15.8. The highest BCUT2D eigenvalue weighted by atomic mass is 19.2. The van der Waals surface area contributed by atoms with Gasteiger partial charge in [-0.1, -0.05) is 48.5 Å². The summed E-state index contributed by atoms with van der Waals surface area (Å²) in [5.74, 6) is -6.43. The zero-order valence-corrected chi connectivity index (χ0v) is 23.0. The Morgan fingerprint density at radius 3 is 2.48 bits per heavy atom. The number of nitrogens with zero attached hydrogens (tertiary/aromatic N) is 3. The largest absolute Gasteiger partial charge is 0.352 e. The molecule has 8 rings (SSSR count). The number of fused-ring (bicyclic) bond motifs is 6. The summed E-state index contributed by atoms with van der Waals surface area (Å²) < 4.78 is 62.8. The number of benzene rings is 3. The quantitative estimate of drug-likeness (QED) is 0.103. The van der Waals surface area contributed by atoms with Gasteiger partial charge in [-0.15, -0.1) is 0 Å². The van der Waals surface area contributed by atoms with Gasteiger partial charge in [-0.2, -0.15) is 4.57 Å². The van der Waals surface area contributed by atoms with E-state index in [2.05, 4.69) is 47.0 Å². The second-order valence-electron chi connectivity index (χ2n) is 11.7. The third-order valence-electron chi connectivity index (χ3n) is 9.61. The van der Waals surface area contributed by atoms with Crippen molar-refractivity contribution in [1.82, 2.24) is 9.80 Å². The number of hydrogen-bond donors (Lipinski definition) is 0. The van der Waals surface area contributed by atoms with Crippen LogP contribution in [-0.2, 0) is 12.8 Å². The Morgan fingerprint density at radius 2 is 1.67 bits per heavy atom. The molecule has 0 N–H and O–H groups in total. The summed E-state index contributed by atoms with van der Waals surface area (Å²) in [6.07, 6.45) is 7.46. The minimum absolute atomic E-state index is 0.00229. The van der Waals surface area contributed by atoms with Crippen LogP contribution in [0.4, 0.5) is 17.6 Å². The van der Waals surface area contributed by atoms with E-state index in [0.717, 1.165) is 35.2 Å². The molecule has 0 fully saturated rings. The summed E-state index contributed by atoms with van der Waals surface area (Å²) in [4.78, 5) is 4.64. The zero-order valence-electron chi connectivity index (χ0n) is 23.0. The average Bonchev–Trinajstić information content (AvgIpc) is 3.46. The van der Waals surface area contributed by atoms with Crippen LogP contribution in [0.2, 0.25) is 0 Å². The highest BCUT2D eigenvalue weighted by molar-refractivity contribution is 5.72. The fraction of sp³-hybridized carbons (Fsp3) is 0.229. The van der Waals surface area contributed by atoms with Gasteiger partial charge in [0.25, 0.3) is 0 Å². The molecule has 4 aromatic rings. The molecule has 0 bridgehead atoms. The van der Waals surface area contributed by atoms with Crippen LogP contribution >= 0.6 is 0 Å². The van der Waals surface area contributed by atoms with E-state index in [1.807, 2.05) is 43.5 Å². The molecule has 42 heavy (non-hydrogen) atoms. The molecule has 4 aliphatic heterocycles. The first-order valence-corrected chi connectivity index (χ1v) is 14.3. The molecule has 3 nitrogen and oxygen atoms in total. The molecular weight excluding hydrogens is 538 g/mol. The van der Waals surface area contributed by atoms with Crippen LogP contribution in [0.3, 0.4) is 0 Å². The van der Waals surface area contributed by atoms with Gasteiger partial charge in [-0.3, -0.25) is 0 Å². The molecule has 3 aromatic carbocycles. The summed E-state index contributed by atoms with van der Waals surface area (Å²) in [6, 6.07) is 17.6. The van der Waals surface area contributed by atoms with Crippen molar-refractivity contribution >= 4 is 5.70 Å². The maximum Gasteiger partial charge on any atom is 0.221 e. The van der Waals surface area contributed by atoms with Crippen LogP contribution in [-0.4, -0.2) is 22.4 Å². The second kappa shape index (κ2) is 9.05. The molecule has 0 radical (unpaired) electrons. The first kappa shape index (κ1) is 25.3. The smallest absolute Gasteiger partial charge is 0.221 e. The van der Waals surface area contributed by atoms with Crippen LogP contribution in [0, 0.1) is 30.2 Å². The predicted molar refractivity (Wildman–Crippen MR) is 153 cm³/mol. The van der Waals surface area contributed by atoms with E-state index in [1.54, 1.807) is 10.6 Å². The highest BCUT2D eigenvalue weighted by Crippen LogP contribution is 2.52. The molecule has 0 spiro atoms. The van der Waals surface area contributed by atoms with Gasteiger partial charge in [0, 0.05) is 47.6 Å². The average molecular weight is 567 g/mol. The van der Waals surface area contributed by atoms with E-state index in [4.69, 9.17) is 0 Å². The molecule has 7 heteroatoms. The van der Waals surface area contributed by atoms with E-state index in [1.165, 1.54) is 11.1 Å². The number of aromatic nitrogens is 1. The minimum atomic E-state index is -1.80. The van der Waals surface area contributed by atoms with Gasteiger partial charge >= 0.3 is 0 Å². The third kappa shape index (κ3) is 3.36. The van der Waals surface area contributed by atoms with Crippen LogP contribution in [0.15, 0.2) is 79.8 Å². The molecule has 0 aliphatic carbocycles. The molecule has 3 unspecified atom stereocenters. The fourth-order valence-electron chi connectivity index (χ4n) is 7.71. The molecule has 0 saturated carbocycles. The van der Waals surface area contributed by atoms with E-state index in [0.29, 0.717) is 12.1 Å². The van der Waals surface area contributed by atoms with Gasteiger partial charge in [-0.25, -0.2) is 17.6 Å². The maximum absolute atomic E-state index is 15.8. The van der Waals surface area contributed by atoms with Gasteiger partial charge in [0.2, 0.25) is 11.4 Å². The Balaban J connectivity index is 1.44. The van der Waals surface area contributed by atoms with Crippen LogP contribution in [0.1, 0.15) is 46.3 Å². The minimum Gasteiger partial charge on any atom is -0.352 e. The van der Waals surface area contributed by atoms with E-state index < -0.39 is 23.3 Å². The van der Waals surface area contributed by atoms with Crippen molar-refractivity contribution in [2.75, 3.05) is 6.54 Å². The molecule has 0 amide bonds. The van der Waals surface area contributed by atoms with Crippen molar-refractivity contribution in [3.8, 4) is 22.4 Å². The fourth-order valence-corrected chi connectivity index (χ4v) is 7.71. The summed E-state index contributed by atoms with van der Waals surface area (Å²) in [5.41, 5.74) is 6.84. The van der Waals surface area contributed by atoms with Crippen molar-refractivity contribution in [3.63, 3.8) is 0 Å². The lowest BCUT2D eigenvalue weighted by atomic mass is 9.75. The van der Waals surface area contributed by atoms with Crippen molar-refractivity contribution < 1.29 is 22.1 Å². The predicted octanol–water partition coefficient (Wildman–Crippen LogP) is 7.40. The second-order valence-corrected chi connectivity index (χ2v) is 11.7. The molecule has 210 valence electrons. The summed E-state index contributed by atoms with van der Waals surface area (Å²) in [5, 5.41) is 0. The van der Waals surface area contributed by atoms with Crippen molar-refractivity contribution in [2.24, 2.45) is 0 Å². The van der Waals surface area contributed by atoms with Crippen molar-refractivity contribution in [3.05, 3.63) is 131 Å². The monoisotopic (exact) mass is 566 g/mol. The Morgan fingerprint density at radius 1 is 0.881 bits per heavy atom. The molecule has 3 atom stereocenters. The normalized spacial score (nSPS) is 21.6. The van der Waals surface area contributed by atoms with Crippen LogP contribution < -0.4 is 4.57 Å². The molecule has 1 aromatic heterocycles. The molecule has 0 saturated heterocycles. The Hall–Kier alpha value is -4.39. The first-order chi connectivity index (χ1) is 20.3. The van der Waals surface area contributed by atoms with E-state index >= 15 is 8.78 Å². The third-order valence-corrected chi connectivity index (χ3v) is 9.61. The summed E-state index contributed by atoms with van der Waals surface area (Å²) in [6.45, 7) is 7.37. The van der Waals surface area contributed by atoms with E-state index in [9.17, 15) is 8.78 Å². The van der Waals surface area contributed by atoms with Crippen LogP contribution in [0.25, 0.3) is 28.1 Å². The van der Waals surface area contributed by atoms with Gasteiger partial charge in [0.05, 0.1) is 5.56 Å². The highest BCUT2D eigenvalue weighted by Gasteiger charge is 2.50. The van der Waals surface area contributed by atoms with Gasteiger partial charge in [-0.05, 0) is 55.0 Å². The molecule has 5 heterocycles. The summed E-state index contributed by atoms with van der Waals surface area (Å²) >= 11 is 0. The first-order valence-electron chi connectivity index (χ1n) is 14.3. The lowest BCUT2D eigenvalue weighted by molar-refractivity contribution is -0.573. The standard InChI is InChI=1S/C35H28F4N3/c1-19-17-27-29-25(30(36)32(38)33(39)31(29)37)12-11-24-23-10-6-9-22-13-14-40-15-16-41(35(40)28(22)23)34(24)20(2)42(27)18-26(19)21-7-4-3-5-8-21/h3-10,15-18,24,34-35H,2,11-14H2,1H3/q+1. The Kier molecular flexibility index (Phi) is 5.46. The van der Waals surface area contributed by atoms with Gasteiger partial charge in [0.1, 0.15) is 12.2 Å². The Bertz CT molecular complexity index is 1850. The van der Waals surface area contributed by atoms with Crippen LogP contribution in [0.5, 0.6) is 0 Å². The molecule has 4 aliphatic rings. The number of hydrogen-bond acceptors (Lipinski definition) is 2.